The Labute approximate surface area is 225 Å². The van der Waals surface area contributed by atoms with Gasteiger partial charge in [-0.15, -0.1) is 11.3 Å². The molecular weight excluding hydrogens is 496 g/mol. The zero-order valence-corrected chi connectivity index (χ0v) is 22.0. The molecular formula is C30H28N4O3S. The number of carbonyl (C=O) groups is 2. The minimum atomic E-state index is -0.659. The van der Waals surface area contributed by atoms with Crippen LogP contribution >= 0.6 is 11.3 Å². The molecule has 7 nitrogen and oxygen atoms in total. The van der Waals surface area contributed by atoms with Gasteiger partial charge in [-0.3, -0.25) is 15.0 Å². The third-order valence-electron chi connectivity index (χ3n) is 6.78. The maximum atomic E-state index is 13.7. The van der Waals surface area contributed by atoms with E-state index in [-0.39, 0.29) is 28.5 Å². The van der Waals surface area contributed by atoms with Crippen molar-refractivity contribution in [3.63, 3.8) is 0 Å². The molecule has 0 saturated carbocycles. The van der Waals surface area contributed by atoms with Crippen molar-refractivity contribution >= 4 is 23.0 Å². The maximum absolute atomic E-state index is 13.7. The highest BCUT2D eigenvalue weighted by Gasteiger charge is 2.45. The number of thiophene rings is 1. The quantitative estimate of drug-likeness (QED) is 0.446. The summed E-state index contributed by atoms with van der Waals surface area (Å²) in [6.45, 7) is 4.42. The number of nitrogens with zero attached hydrogens (tertiary/aromatic N) is 2. The Morgan fingerprint density at radius 1 is 1.16 bits per heavy atom. The SMILES string of the molecule is CC1(C)CC(=O)C2=C(C1)N(NC(=O)c1cccs1)C(N)=C(C#N)C2c1cccc(OCc2ccccc2)c1. The van der Waals surface area contributed by atoms with Crippen molar-refractivity contribution in [2.75, 3.05) is 0 Å². The first-order valence-electron chi connectivity index (χ1n) is 12.3. The summed E-state index contributed by atoms with van der Waals surface area (Å²) in [5.74, 6) is -0.331. The van der Waals surface area contributed by atoms with Crippen LogP contribution in [0.3, 0.4) is 0 Å². The number of carbonyl (C=O) groups excluding carboxylic acids is 2. The number of ketones is 1. The topological polar surface area (TPSA) is 108 Å². The number of nitrogens with one attached hydrogen (secondary N) is 1. The van der Waals surface area contributed by atoms with Crippen molar-refractivity contribution in [1.82, 2.24) is 10.4 Å². The van der Waals surface area contributed by atoms with Crippen LogP contribution in [0.25, 0.3) is 0 Å². The first-order chi connectivity index (χ1) is 18.3. The molecule has 2 aromatic carbocycles. The van der Waals surface area contributed by atoms with Crippen molar-refractivity contribution in [2.24, 2.45) is 11.1 Å². The van der Waals surface area contributed by atoms with E-state index in [0.29, 0.717) is 41.3 Å². The van der Waals surface area contributed by atoms with Crippen LogP contribution in [0.4, 0.5) is 0 Å². The van der Waals surface area contributed by atoms with Crippen molar-refractivity contribution in [2.45, 2.75) is 39.2 Å². The van der Waals surface area contributed by atoms with Crippen LogP contribution in [-0.4, -0.2) is 16.7 Å². The lowest BCUT2D eigenvalue weighted by molar-refractivity contribution is -0.118. The largest absolute Gasteiger partial charge is 0.489 e. The molecule has 2 aliphatic rings. The van der Waals surface area contributed by atoms with Crippen molar-refractivity contribution in [1.29, 1.82) is 5.26 Å². The Bertz CT molecular complexity index is 1480. The van der Waals surface area contributed by atoms with Gasteiger partial charge in [0.2, 0.25) is 0 Å². The summed E-state index contributed by atoms with van der Waals surface area (Å²) in [6, 6.07) is 23.0. The van der Waals surface area contributed by atoms with E-state index in [1.54, 1.807) is 12.1 Å². The second-order valence-electron chi connectivity index (χ2n) is 10.2. The van der Waals surface area contributed by atoms with E-state index in [0.717, 1.165) is 11.1 Å². The molecule has 1 amide bonds. The summed E-state index contributed by atoms with van der Waals surface area (Å²) in [5, 5.41) is 13.5. The number of amides is 1. The number of Topliss-reactive ketones (excluding diaryl/α,β-unsaturated/α-hetero) is 1. The van der Waals surface area contributed by atoms with E-state index < -0.39 is 5.92 Å². The molecule has 3 N–H and O–H groups in total. The molecule has 0 saturated heterocycles. The Morgan fingerprint density at radius 3 is 2.66 bits per heavy atom. The van der Waals surface area contributed by atoms with E-state index in [1.807, 2.05) is 73.8 Å². The molecule has 38 heavy (non-hydrogen) atoms. The fourth-order valence-electron chi connectivity index (χ4n) is 5.06. The summed E-state index contributed by atoms with van der Waals surface area (Å²) < 4.78 is 6.03. The third kappa shape index (κ3) is 4.93. The van der Waals surface area contributed by atoms with Gasteiger partial charge >= 0.3 is 0 Å². The Balaban J connectivity index is 1.55. The van der Waals surface area contributed by atoms with Gasteiger partial charge in [0.1, 0.15) is 18.2 Å². The van der Waals surface area contributed by atoms with Crippen molar-refractivity contribution in [3.8, 4) is 11.8 Å². The molecule has 0 spiro atoms. The number of hydrogen-bond donors (Lipinski definition) is 2. The van der Waals surface area contributed by atoms with E-state index >= 15 is 0 Å². The molecule has 1 unspecified atom stereocenters. The summed E-state index contributed by atoms with van der Waals surface area (Å²) in [7, 11) is 0. The van der Waals surface area contributed by atoms with Gasteiger partial charge in [-0.05, 0) is 46.5 Å². The third-order valence-corrected chi connectivity index (χ3v) is 7.65. The van der Waals surface area contributed by atoms with E-state index in [4.69, 9.17) is 10.5 Å². The standard InChI is InChI=1S/C30H28N4O3S/c1-30(2)15-23-27(24(35)16-30)26(20-10-6-11-21(14-20)37-18-19-8-4-3-5-9-19)22(17-31)28(32)34(23)33-29(36)25-12-7-13-38-25/h3-14,26H,15-16,18,32H2,1-2H3,(H,33,36). The molecule has 0 bridgehead atoms. The molecule has 0 radical (unpaired) electrons. The van der Waals surface area contributed by atoms with E-state index in [9.17, 15) is 14.9 Å². The van der Waals surface area contributed by atoms with Gasteiger partial charge < -0.3 is 10.5 Å². The Morgan fingerprint density at radius 2 is 1.95 bits per heavy atom. The smallest absolute Gasteiger partial charge is 0.280 e. The number of allylic oxidation sites excluding steroid dienone is 3. The van der Waals surface area contributed by atoms with Gasteiger partial charge in [-0.2, -0.15) is 5.26 Å². The van der Waals surface area contributed by atoms with Gasteiger partial charge in [0.05, 0.1) is 28.1 Å². The highest BCUT2D eigenvalue weighted by atomic mass is 32.1. The number of rotatable bonds is 6. The van der Waals surface area contributed by atoms with Crippen molar-refractivity contribution in [3.05, 3.63) is 111 Å². The van der Waals surface area contributed by atoms with Crippen LogP contribution in [-0.2, 0) is 11.4 Å². The Kier molecular flexibility index (Phi) is 6.79. The zero-order chi connectivity index (χ0) is 26.9. The molecule has 8 heteroatoms. The average molecular weight is 525 g/mol. The number of hydrogen-bond acceptors (Lipinski definition) is 7. The van der Waals surface area contributed by atoms with E-state index in [1.165, 1.54) is 16.3 Å². The number of benzene rings is 2. The van der Waals surface area contributed by atoms with Crippen LogP contribution in [0.5, 0.6) is 5.75 Å². The Hall–Kier alpha value is -4.35. The lowest BCUT2D eigenvalue weighted by Gasteiger charge is -2.43. The van der Waals surface area contributed by atoms with E-state index in [2.05, 4.69) is 11.5 Å². The first-order valence-corrected chi connectivity index (χ1v) is 13.2. The lowest BCUT2D eigenvalue weighted by Crippen LogP contribution is -2.49. The summed E-state index contributed by atoms with van der Waals surface area (Å²) in [4.78, 5) is 27.1. The number of nitrogens with two attached hydrogens (primary N) is 1. The highest BCUT2D eigenvalue weighted by molar-refractivity contribution is 7.12. The molecule has 5 rings (SSSR count). The van der Waals surface area contributed by atoms with Crippen LogP contribution in [0, 0.1) is 16.7 Å². The number of nitriles is 1. The number of hydrazine groups is 1. The summed E-state index contributed by atoms with van der Waals surface area (Å²) in [5.41, 5.74) is 12.2. The summed E-state index contributed by atoms with van der Waals surface area (Å²) >= 11 is 1.30. The van der Waals surface area contributed by atoms with Crippen LogP contribution in [0.1, 0.15) is 53.4 Å². The second-order valence-corrected chi connectivity index (χ2v) is 11.2. The average Bonchev–Trinajstić information content (AvgIpc) is 3.44. The molecule has 1 atom stereocenters. The van der Waals surface area contributed by atoms with Gasteiger partial charge in [0.25, 0.3) is 5.91 Å². The normalized spacial score (nSPS) is 18.6. The van der Waals surface area contributed by atoms with Gasteiger partial charge in [-0.1, -0.05) is 62.4 Å². The van der Waals surface area contributed by atoms with Gasteiger partial charge in [0.15, 0.2) is 5.78 Å². The monoisotopic (exact) mass is 524 g/mol. The predicted molar refractivity (Wildman–Crippen MR) is 145 cm³/mol. The molecule has 2 heterocycles. The minimum Gasteiger partial charge on any atom is -0.489 e. The minimum absolute atomic E-state index is 0.0625. The van der Waals surface area contributed by atoms with Crippen LogP contribution in [0.15, 0.2) is 94.8 Å². The second kappa shape index (κ2) is 10.2. The van der Waals surface area contributed by atoms with Gasteiger partial charge in [0, 0.05) is 12.0 Å². The molecule has 1 aliphatic carbocycles. The molecule has 1 aliphatic heterocycles. The summed E-state index contributed by atoms with van der Waals surface area (Å²) in [6.07, 6.45) is 0.844. The molecule has 3 aromatic rings. The molecule has 0 fully saturated rings. The van der Waals surface area contributed by atoms with Gasteiger partial charge in [-0.25, -0.2) is 5.01 Å². The predicted octanol–water partition coefficient (Wildman–Crippen LogP) is 5.41. The first kappa shape index (κ1) is 25.3. The van der Waals surface area contributed by atoms with Crippen LogP contribution < -0.4 is 15.9 Å². The van der Waals surface area contributed by atoms with Crippen molar-refractivity contribution < 1.29 is 14.3 Å². The highest BCUT2D eigenvalue weighted by Crippen LogP contribution is 2.48. The molecule has 1 aromatic heterocycles. The number of ether oxygens (including phenoxy) is 1. The fraction of sp³-hybridized carbons (Fsp3) is 0.233. The fourth-order valence-corrected chi connectivity index (χ4v) is 5.67. The molecule has 192 valence electrons. The maximum Gasteiger partial charge on any atom is 0.280 e. The van der Waals surface area contributed by atoms with Crippen LogP contribution in [0.2, 0.25) is 0 Å². The lowest BCUT2D eigenvalue weighted by atomic mass is 9.69. The zero-order valence-electron chi connectivity index (χ0n) is 21.2.